The molecule has 0 saturated heterocycles. The van der Waals surface area contributed by atoms with E-state index in [1.165, 1.54) is 17.0 Å². The molecule has 1 saturated carbocycles. The quantitative estimate of drug-likeness (QED) is 0.756. The fourth-order valence-electron chi connectivity index (χ4n) is 2.43. The summed E-state index contributed by atoms with van der Waals surface area (Å²) in [4.78, 5) is 13.6. The van der Waals surface area contributed by atoms with Crippen molar-refractivity contribution in [3.05, 3.63) is 48.3 Å². The summed E-state index contributed by atoms with van der Waals surface area (Å²) < 4.78 is 13.0. The van der Waals surface area contributed by atoms with Gasteiger partial charge in [0.05, 0.1) is 6.61 Å². The van der Waals surface area contributed by atoms with E-state index in [9.17, 15) is 9.18 Å². The largest absolute Gasteiger partial charge is 0.395 e. The Balaban J connectivity index is 1.93. The summed E-state index contributed by atoms with van der Waals surface area (Å²) in [5, 5.41) is 11.9. The molecular weight excluding hydrogens is 271 g/mol. The molecule has 0 unspecified atom stereocenters. The van der Waals surface area contributed by atoms with Crippen LogP contribution in [0.3, 0.4) is 0 Å². The number of hydrogen-bond acceptors (Lipinski definition) is 2. The average Bonchev–Trinajstić information content (AvgIpc) is 3.26. The number of benzene rings is 1. The summed E-state index contributed by atoms with van der Waals surface area (Å²) in [5.41, 5.74) is 0.990. The molecule has 0 atom stereocenters. The Kier molecular flexibility index (Phi) is 4.96. The topological polar surface area (TPSA) is 52.6 Å². The predicted molar refractivity (Wildman–Crippen MR) is 79.6 cm³/mol. The lowest BCUT2D eigenvalue weighted by Gasteiger charge is -2.23. The van der Waals surface area contributed by atoms with Crippen LogP contribution in [0.15, 0.2) is 36.9 Å². The van der Waals surface area contributed by atoms with Crippen LogP contribution >= 0.6 is 0 Å². The van der Waals surface area contributed by atoms with E-state index in [0.29, 0.717) is 13.1 Å². The Morgan fingerprint density at radius 1 is 1.43 bits per heavy atom. The van der Waals surface area contributed by atoms with Crippen LogP contribution in [0.5, 0.6) is 0 Å². The number of nitrogens with one attached hydrogen (secondary N) is 1. The van der Waals surface area contributed by atoms with Crippen LogP contribution in [0.4, 0.5) is 9.18 Å². The fraction of sp³-hybridized carbons (Fsp3) is 0.438. The van der Waals surface area contributed by atoms with Gasteiger partial charge in [-0.05, 0) is 30.5 Å². The smallest absolute Gasteiger partial charge is 0.317 e. The Hall–Kier alpha value is -1.88. The van der Waals surface area contributed by atoms with Gasteiger partial charge < -0.3 is 15.3 Å². The van der Waals surface area contributed by atoms with Gasteiger partial charge in [-0.2, -0.15) is 0 Å². The summed E-state index contributed by atoms with van der Waals surface area (Å²) in [6, 6.07) is 6.25. The van der Waals surface area contributed by atoms with E-state index < -0.39 is 0 Å². The van der Waals surface area contributed by atoms with Crippen LogP contribution in [0.1, 0.15) is 18.4 Å². The van der Waals surface area contributed by atoms with Crippen LogP contribution in [0, 0.1) is 5.82 Å². The maximum atomic E-state index is 13.0. The highest BCUT2D eigenvalue weighted by molar-refractivity contribution is 5.74. The second-order valence-corrected chi connectivity index (χ2v) is 5.40. The van der Waals surface area contributed by atoms with E-state index in [2.05, 4.69) is 11.9 Å². The zero-order chi connectivity index (χ0) is 15.3. The molecule has 4 nitrogen and oxygen atoms in total. The average molecular weight is 292 g/mol. The SMILES string of the molecule is C=CCN(CCO)C(=O)NCC1(c2ccc(F)cc2)CC1. The minimum atomic E-state index is -0.251. The number of carbonyl (C=O) groups excluding carboxylic acids is 1. The van der Waals surface area contributed by atoms with Gasteiger partial charge in [0, 0.05) is 25.0 Å². The van der Waals surface area contributed by atoms with E-state index in [1.807, 2.05) is 0 Å². The normalized spacial score (nSPS) is 15.3. The number of amides is 2. The number of hydrogen-bond donors (Lipinski definition) is 2. The first-order valence-electron chi connectivity index (χ1n) is 7.12. The third kappa shape index (κ3) is 3.82. The second-order valence-electron chi connectivity index (χ2n) is 5.40. The summed E-state index contributed by atoms with van der Waals surface area (Å²) >= 11 is 0. The number of urea groups is 1. The number of halogens is 1. The van der Waals surface area contributed by atoms with Crippen molar-refractivity contribution in [2.75, 3.05) is 26.2 Å². The minimum Gasteiger partial charge on any atom is -0.395 e. The molecular formula is C16H21FN2O2. The predicted octanol–water partition coefficient (Wildman–Crippen LogP) is 2.05. The van der Waals surface area contributed by atoms with Gasteiger partial charge in [-0.25, -0.2) is 9.18 Å². The molecule has 114 valence electrons. The summed E-state index contributed by atoms with van der Waals surface area (Å²) in [7, 11) is 0. The zero-order valence-corrected chi connectivity index (χ0v) is 12.0. The molecule has 0 radical (unpaired) electrons. The number of aliphatic hydroxyl groups is 1. The van der Waals surface area contributed by atoms with Crippen molar-refractivity contribution in [3.8, 4) is 0 Å². The van der Waals surface area contributed by atoms with Crippen molar-refractivity contribution in [2.24, 2.45) is 0 Å². The third-order valence-corrected chi connectivity index (χ3v) is 3.89. The van der Waals surface area contributed by atoms with Gasteiger partial charge in [-0.15, -0.1) is 6.58 Å². The molecule has 1 aromatic carbocycles. The summed E-state index contributed by atoms with van der Waals surface area (Å²) in [6.45, 7) is 4.73. The Labute approximate surface area is 124 Å². The lowest BCUT2D eigenvalue weighted by Crippen LogP contribution is -2.44. The second kappa shape index (κ2) is 6.72. The van der Waals surface area contributed by atoms with Gasteiger partial charge >= 0.3 is 6.03 Å². The summed E-state index contributed by atoms with van der Waals surface area (Å²) in [6.07, 6.45) is 3.60. The van der Waals surface area contributed by atoms with Gasteiger partial charge in [0.25, 0.3) is 0 Å². The van der Waals surface area contributed by atoms with Crippen molar-refractivity contribution in [1.82, 2.24) is 10.2 Å². The number of aliphatic hydroxyl groups excluding tert-OH is 1. The molecule has 0 spiro atoms. The maximum absolute atomic E-state index is 13.0. The van der Waals surface area contributed by atoms with Crippen molar-refractivity contribution < 1.29 is 14.3 Å². The van der Waals surface area contributed by atoms with Crippen LogP contribution in [-0.4, -0.2) is 42.3 Å². The van der Waals surface area contributed by atoms with Crippen LogP contribution in [0.25, 0.3) is 0 Å². The van der Waals surface area contributed by atoms with Gasteiger partial charge in [-0.1, -0.05) is 18.2 Å². The molecule has 1 fully saturated rings. The monoisotopic (exact) mass is 292 g/mol. The first-order valence-corrected chi connectivity index (χ1v) is 7.12. The van der Waals surface area contributed by atoms with Gasteiger partial charge in [0.2, 0.25) is 0 Å². The van der Waals surface area contributed by atoms with E-state index >= 15 is 0 Å². The highest BCUT2D eigenvalue weighted by Crippen LogP contribution is 2.47. The van der Waals surface area contributed by atoms with E-state index in [0.717, 1.165) is 18.4 Å². The highest BCUT2D eigenvalue weighted by atomic mass is 19.1. The third-order valence-electron chi connectivity index (χ3n) is 3.89. The summed E-state index contributed by atoms with van der Waals surface area (Å²) in [5.74, 6) is -0.251. The lowest BCUT2D eigenvalue weighted by molar-refractivity contribution is 0.183. The van der Waals surface area contributed by atoms with Crippen LogP contribution < -0.4 is 5.32 Å². The molecule has 5 heteroatoms. The maximum Gasteiger partial charge on any atom is 0.317 e. The first-order chi connectivity index (χ1) is 10.1. The highest BCUT2D eigenvalue weighted by Gasteiger charge is 2.44. The van der Waals surface area contributed by atoms with Crippen molar-refractivity contribution in [1.29, 1.82) is 0 Å². The molecule has 1 aromatic rings. The first kappa shape index (κ1) is 15.5. The Bertz CT molecular complexity index is 498. The van der Waals surface area contributed by atoms with Crippen molar-refractivity contribution in [3.63, 3.8) is 0 Å². The minimum absolute atomic E-state index is 0.0670. The Morgan fingerprint density at radius 2 is 2.10 bits per heavy atom. The van der Waals surface area contributed by atoms with Crippen LogP contribution in [0.2, 0.25) is 0 Å². The number of nitrogens with zero attached hydrogens (tertiary/aromatic N) is 1. The molecule has 0 heterocycles. The molecule has 21 heavy (non-hydrogen) atoms. The van der Waals surface area contributed by atoms with Gasteiger partial charge in [0.1, 0.15) is 5.82 Å². The van der Waals surface area contributed by atoms with E-state index in [1.54, 1.807) is 18.2 Å². The fourth-order valence-corrected chi connectivity index (χ4v) is 2.43. The molecule has 0 aromatic heterocycles. The van der Waals surface area contributed by atoms with Crippen molar-refractivity contribution >= 4 is 6.03 Å². The lowest BCUT2D eigenvalue weighted by atomic mass is 9.96. The molecule has 0 aliphatic heterocycles. The van der Waals surface area contributed by atoms with Crippen molar-refractivity contribution in [2.45, 2.75) is 18.3 Å². The zero-order valence-electron chi connectivity index (χ0n) is 12.0. The molecule has 2 rings (SSSR count). The van der Waals surface area contributed by atoms with Gasteiger partial charge in [0.15, 0.2) is 0 Å². The number of rotatable bonds is 7. The van der Waals surface area contributed by atoms with Gasteiger partial charge in [-0.3, -0.25) is 0 Å². The molecule has 1 aliphatic carbocycles. The molecule has 0 bridgehead atoms. The molecule has 1 aliphatic rings. The standard InChI is InChI=1S/C16H21FN2O2/c1-2-9-19(10-11-20)15(21)18-12-16(7-8-16)13-3-5-14(17)6-4-13/h2-6,20H,1,7-12H2,(H,18,21). The number of carbonyl (C=O) groups is 1. The van der Waals surface area contributed by atoms with E-state index in [-0.39, 0.29) is 30.4 Å². The Morgan fingerprint density at radius 3 is 2.62 bits per heavy atom. The van der Waals surface area contributed by atoms with Crippen LogP contribution in [-0.2, 0) is 5.41 Å². The molecule has 2 N–H and O–H groups in total. The van der Waals surface area contributed by atoms with E-state index in [4.69, 9.17) is 5.11 Å². The molecule has 2 amide bonds.